The number of nitrogens with one attached hydrogen (secondary N) is 1. The fourth-order valence-electron chi connectivity index (χ4n) is 1.85. The van der Waals surface area contributed by atoms with E-state index in [9.17, 15) is 0 Å². The highest BCUT2D eigenvalue weighted by Crippen LogP contribution is 2.18. The Labute approximate surface area is 103 Å². The second-order valence-electron chi connectivity index (χ2n) is 4.66. The molecule has 1 aliphatic carbocycles. The Morgan fingerprint density at radius 1 is 1.41 bits per heavy atom. The zero-order valence-electron chi connectivity index (χ0n) is 10.9. The zero-order valence-corrected chi connectivity index (χ0v) is 10.9. The van der Waals surface area contributed by atoms with Crippen LogP contribution in [0.2, 0.25) is 0 Å². The van der Waals surface area contributed by atoms with Crippen LogP contribution in [0.15, 0.2) is 6.20 Å². The van der Waals surface area contributed by atoms with Crippen LogP contribution < -0.4 is 5.32 Å². The Morgan fingerprint density at radius 3 is 2.82 bits per heavy atom. The van der Waals surface area contributed by atoms with Crippen LogP contribution in [0.25, 0.3) is 0 Å². The second kappa shape index (κ2) is 6.12. The maximum atomic E-state index is 4.18. The molecular weight excluding hydrogens is 214 g/mol. The van der Waals surface area contributed by atoms with Crippen LogP contribution in [0.5, 0.6) is 0 Å². The smallest absolute Gasteiger partial charge is 0.0964 e. The first kappa shape index (κ1) is 12.5. The molecule has 0 saturated heterocycles. The lowest BCUT2D eigenvalue weighted by Gasteiger charge is -2.17. The number of likely N-dealkylation sites (N-methyl/N-ethyl adjacent to an activating group) is 1. The molecule has 1 aliphatic rings. The second-order valence-corrected chi connectivity index (χ2v) is 4.66. The predicted octanol–water partition coefficient (Wildman–Crippen LogP) is 0.872. The first-order chi connectivity index (χ1) is 8.31. The number of nitrogens with zero attached hydrogens (tertiary/aromatic N) is 4. The van der Waals surface area contributed by atoms with Crippen molar-refractivity contribution < 1.29 is 0 Å². The summed E-state index contributed by atoms with van der Waals surface area (Å²) in [7, 11) is 0. The van der Waals surface area contributed by atoms with E-state index in [4.69, 9.17) is 0 Å². The maximum absolute atomic E-state index is 4.18. The maximum Gasteiger partial charge on any atom is 0.0964 e. The van der Waals surface area contributed by atoms with Crippen LogP contribution in [0.1, 0.15) is 32.4 Å². The summed E-state index contributed by atoms with van der Waals surface area (Å²) in [5, 5.41) is 11.8. The number of hydrogen-bond acceptors (Lipinski definition) is 4. The lowest BCUT2D eigenvalue weighted by atomic mass is 10.4. The Morgan fingerprint density at radius 2 is 2.18 bits per heavy atom. The van der Waals surface area contributed by atoms with Crippen LogP contribution in [0.4, 0.5) is 0 Å². The van der Waals surface area contributed by atoms with Crippen molar-refractivity contribution in [2.45, 2.75) is 45.8 Å². The van der Waals surface area contributed by atoms with Crippen LogP contribution >= 0.6 is 0 Å². The molecule has 0 atom stereocenters. The summed E-state index contributed by atoms with van der Waals surface area (Å²) in [4.78, 5) is 2.39. The topological polar surface area (TPSA) is 46.0 Å². The fraction of sp³-hybridized carbons (Fsp3) is 0.833. The molecule has 1 saturated carbocycles. The molecule has 0 spiro atoms. The Kier molecular flexibility index (Phi) is 4.50. The molecule has 2 rings (SSSR count). The summed E-state index contributed by atoms with van der Waals surface area (Å²) in [6.45, 7) is 9.41. The lowest BCUT2D eigenvalue weighted by Crippen LogP contribution is -2.27. The normalized spacial score (nSPS) is 15.7. The molecule has 96 valence electrons. The van der Waals surface area contributed by atoms with Crippen molar-refractivity contribution in [1.29, 1.82) is 0 Å². The molecule has 1 fully saturated rings. The highest BCUT2D eigenvalue weighted by Gasteiger charge is 2.20. The van der Waals surface area contributed by atoms with E-state index < -0.39 is 0 Å². The summed E-state index contributed by atoms with van der Waals surface area (Å²) < 4.78 is 1.95. The molecule has 0 aliphatic heterocycles. The third-order valence-corrected chi connectivity index (χ3v) is 3.28. The van der Waals surface area contributed by atoms with Gasteiger partial charge in [-0.1, -0.05) is 19.1 Å². The van der Waals surface area contributed by atoms with Gasteiger partial charge in [0.15, 0.2) is 0 Å². The molecule has 1 aromatic rings. The van der Waals surface area contributed by atoms with Crippen LogP contribution in [0.3, 0.4) is 0 Å². The van der Waals surface area contributed by atoms with Gasteiger partial charge in [-0.15, -0.1) is 5.10 Å². The first-order valence-electron chi connectivity index (χ1n) is 6.66. The molecule has 0 aromatic carbocycles. The predicted molar refractivity (Wildman–Crippen MR) is 67.7 cm³/mol. The minimum Gasteiger partial charge on any atom is -0.308 e. The summed E-state index contributed by atoms with van der Waals surface area (Å²) in [6.07, 6.45) is 4.69. The third kappa shape index (κ3) is 4.09. The van der Waals surface area contributed by atoms with Crippen molar-refractivity contribution in [1.82, 2.24) is 25.2 Å². The Bertz CT molecular complexity index is 327. The van der Waals surface area contributed by atoms with Crippen molar-refractivity contribution in [3.8, 4) is 0 Å². The van der Waals surface area contributed by atoms with Gasteiger partial charge in [0.05, 0.1) is 12.2 Å². The zero-order chi connectivity index (χ0) is 12.1. The summed E-state index contributed by atoms with van der Waals surface area (Å²) in [5.74, 6) is 0. The van der Waals surface area contributed by atoms with E-state index in [0.29, 0.717) is 0 Å². The van der Waals surface area contributed by atoms with Gasteiger partial charge in [-0.25, -0.2) is 0 Å². The SMILES string of the molecule is CCN(CC)CCn1cc(CNC2CC2)nn1. The summed E-state index contributed by atoms with van der Waals surface area (Å²) in [5.41, 5.74) is 1.05. The largest absolute Gasteiger partial charge is 0.308 e. The molecule has 0 radical (unpaired) electrons. The Balaban J connectivity index is 1.72. The minimum absolute atomic E-state index is 0.732. The van der Waals surface area contributed by atoms with E-state index in [1.165, 1.54) is 12.8 Å². The number of aromatic nitrogens is 3. The third-order valence-electron chi connectivity index (χ3n) is 3.28. The molecule has 5 nitrogen and oxygen atoms in total. The molecule has 0 amide bonds. The molecule has 0 unspecified atom stereocenters. The summed E-state index contributed by atoms with van der Waals surface area (Å²) >= 11 is 0. The van der Waals surface area contributed by atoms with Gasteiger partial charge in [-0.05, 0) is 25.9 Å². The quantitative estimate of drug-likeness (QED) is 0.729. The van der Waals surface area contributed by atoms with E-state index in [0.717, 1.165) is 44.5 Å². The average molecular weight is 237 g/mol. The monoisotopic (exact) mass is 237 g/mol. The minimum atomic E-state index is 0.732. The van der Waals surface area contributed by atoms with Gasteiger partial charge in [0.25, 0.3) is 0 Å². The number of hydrogen-bond donors (Lipinski definition) is 1. The average Bonchev–Trinajstić information content (AvgIpc) is 3.07. The van der Waals surface area contributed by atoms with Crippen molar-refractivity contribution in [2.75, 3.05) is 19.6 Å². The number of rotatable bonds is 8. The van der Waals surface area contributed by atoms with E-state index >= 15 is 0 Å². The fourth-order valence-corrected chi connectivity index (χ4v) is 1.85. The molecule has 17 heavy (non-hydrogen) atoms. The van der Waals surface area contributed by atoms with Gasteiger partial charge in [-0.3, -0.25) is 4.68 Å². The van der Waals surface area contributed by atoms with Gasteiger partial charge >= 0.3 is 0 Å². The van der Waals surface area contributed by atoms with Gasteiger partial charge in [0.2, 0.25) is 0 Å². The van der Waals surface area contributed by atoms with Crippen LogP contribution in [-0.4, -0.2) is 45.6 Å². The first-order valence-corrected chi connectivity index (χ1v) is 6.66. The molecule has 1 heterocycles. The van der Waals surface area contributed by atoms with Crippen molar-refractivity contribution in [3.63, 3.8) is 0 Å². The van der Waals surface area contributed by atoms with Crippen LogP contribution in [0, 0.1) is 0 Å². The van der Waals surface area contributed by atoms with Gasteiger partial charge in [-0.2, -0.15) is 0 Å². The van der Waals surface area contributed by atoms with Gasteiger partial charge in [0, 0.05) is 25.3 Å². The summed E-state index contributed by atoms with van der Waals surface area (Å²) in [6, 6.07) is 0.732. The van der Waals surface area contributed by atoms with Crippen LogP contribution in [-0.2, 0) is 13.1 Å². The van der Waals surface area contributed by atoms with Crippen molar-refractivity contribution >= 4 is 0 Å². The molecular formula is C12H23N5. The molecule has 1 N–H and O–H groups in total. The highest BCUT2D eigenvalue weighted by atomic mass is 15.4. The van der Waals surface area contributed by atoms with Gasteiger partial charge in [0.1, 0.15) is 0 Å². The Hall–Kier alpha value is -0.940. The molecule has 1 aromatic heterocycles. The van der Waals surface area contributed by atoms with Crippen molar-refractivity contribution in [3.05, 3.63) is 11.9 Å². The van der Waals surface area contributed by atoms with E-state index in [1.807, 2.05) is 4.68 Å². The lowest BCUT2D eigenvalue weighted by molar-refractivity contribution is 0.284. The van der Waals surface area contributed by atoms with E-state index in [1.54, 1.807) is 0 Å². The van der Waals surface area contributed by atoms with Crippen molar-refractivity contribution in [2.24, 2.45) is 0 Å². The molecule has 0 bridgehead atoms. The van der Waals surface area contributed by atoms with E-state index in [-0.39, 0.29) is 0 Å². The van der Waals surface area contributed by atoms with Gasteiger partial charge < -0.3 is 10.2 Å². The standard InChI is InChI=1S/C12H23N5/c1-3-16(4-2)7-8-17-10-12(14-15-17)9-13-11-5-6-11/h10-11,13H,3-9H2,1-2H3. The highest BCUT2D eigenvalue weighted by molar-refractivity contribution is 4.94. The van der Waals surface area contributed by atoms with E-state index in [2.05, 4.69) is 40.6 Å². The molecule has 5 heteroatoms.